The molecule has 0 radical (unpaired) electrons. The molecule has 2 rings (SSSR count). The summed E-state index contributed by atoms with van der Waals surface area (Å²) in [5.41, 5.74) is 3.69. The van der Waals surface area contributed by atoms with E-state index in [4.69, 9.17) is 0 Å². The first-order valence-electron chi connectivity index (χ1n) is 5.71. The minimum atomic E-state index is 0.827. The van der Waals surface area contributed by atoms with Crippen molar-refractivity contribution in [2.45, 2.75) is 19.9 Å². The number of aromatic nitrogens is 1. The van der Waals surface area contributed by atoms with Gasteiger partial charge in [0.05, 0.1) is 11.9 Å². The van der Waals surface area contributed by atoms with Gasteiger partial charge in [0.25, 0.3) is 0 Å². The summed E-state index contributed by atoms with van der Waals surface area (Å²) in [4.78, 5) is 4.17. The lowest BCUT2D eigenvalue weighted by Gasteiger charge is -2.06. The standard InChI is InChI=1S/C14H15BrN2/c1-2-11-3-5-12(6-4-11)9-16-13-7-8-14(15)17-10-13/h3-8,10,16H,2,9H2,1H3. The van der Waals surface area contributed by atoms with Crippen molar-refractivity contribution in [3.63, 3.8) is 0 Å². The number of pyridine rings is 1. The van der Waals surface area contributed by atoms with Gasteiger partial charge >= 0.3 is 0 Å². The fourth-order valence-corrected chi connectivity index (χ4v) is 1.81. The molecule has 0 fully saturated rings. The van der Waals surface area contributed by atoms with Gasteiger partial charge in [-0.3, -0.25) is 0 Å². The summed E-state index contributed by atoms with van der Waals surface area (Å²) in [5, 5.41) is 3.34. The van der Waals surface area contributed by atoms with Crippen LogP contribution in [0.4, 0.5) is 5.69 Å². The van der Waals surface area contributed by atoms with Crippen molar-refractivity contribution in [3.8, 4) is 0 Å². The van der Waals surface area contributed by atoms with Crippen molar-refractivity contribution in [1.29, 1.82) is 0 Å². The Morgan fingerprint density at radius 1 is 1.06 bits per heavy atom. The lowest BCUT2D eigenvalue weighted by Crippen LogP contribution is -1.99. The largest absolute Gasteiger partial charge is 0.380 e. The number of hydrogen-bond donors (Lipinski definition) is 1. The SMILES string of the molecule is CCc1ccc(CNc2ccc(Br)nc2)cc1. The smallest absolute Gasteiger partial charge is 0.106 e. The van der Waals surface area contributed by atoms with Crippen molar-refractivity contribution in [2.24, 2.45) is 0 Å². The Balaban J connectivity index is 1.95. The Kier molecular flexibility index (Phi) is 4.15. The van der Waals surface area contributed by atoms with Gasteiger partial charge in [-0.05, 0) is 45.6 Å². The third-order valence-electron chi connectivity index (χ3n) is 2.66. The van der Waals surface area contributed by atoms with E-state index in [0.29, 0.717) is 0 Å². The van der Waals surface area contributed by atoms with E-state index in [1.54, 1.807) is 0 Å². The summed E-state index contributed by atoms with van der Waals surface area (Å²) in [6.07, 6.45) is 2.91. The quantitative estimate of drug-likeness (QED) is 0.861. The zero-order valence-electron chi connectivity index (χ0n) is 9.78. The van der Waals surface area contributed by atoms with Crippen LogP contribution in [0, 0.1) is 0 Å². The number of anilines is 1. The van der Waals surface area contributed by atoms with Gasteiger partial charge in [0.1, 0.15) is 4.60 Å². The first kappa shape index (κ1) is 12.1. The zero-order chi connectivity index (χ0) is 12.1. The van der Waals surface area contributed by atoms with Crippen LogP contribution >= 0.6 is 15.9 Å². The lowest BCUT2D eigenvalue weighted by molar-refractivity contribution is 1.10. The monoisotopic (exact) mass is 290 g/mol. The first-order chi connectivity index (χ1) is 8.28. The molecule has 1 N–H and O–H groups in total. The highest BCUT2D eigenvalue weighted by Gasteiger charge is 1.95. The van der Waals surface area contributed by atoms with Gasteiger partial charge in [0.2, 0.25) is 0 Å². The minimum absolute atomic E-state index is 0.827. The predicted octanol–water partition coefficient (Wildman–Crippen LogP) is 4.02. The van der Waals surface area contributed by atoms with Crippen LogP contribution in [0.1, 0.15) is 18.1 Å². The number of hydrogen-bond acceptors (Lipinski definition) is 2. The molecule has 0 atom stereocenters. The Hall–Kier alpha value is -1.35. The molecule has 0 aliphatic heterocycles. The average molecular weight is 291 g/mol. The molecule has 0 saturated carbocycles. The topological polar surface area (TPSA) is 24.9 Å². The molecule has 0 amide bonds. The van der Waals surface area contributed by atoms with Crippen LogP contribution in [0.25, 0.3) is 0 Å². The van der Waals surface area contributed by atoms with Gasteiger partial charge in [-0.15, -0.1) is 0 Å². The molecule has 0 aliphatic rings. The molecule has 2 nitrogen and oxygen atoms in total. The van der Waals surface area contributed by atoms with Crippen molar-refractivity contribution >= 4 is 21.6 Å². The van der Waals surface area contributed by atoms with E-state index in [2.05, 4.69) is 57.4 Å². The van der Waals surface area contributed by atoms with Gasteiger partial charge in [0.15, 0.2) is 0 Å². The molecule has 0 spiro atoms. The highest BCUT2D eigenvalue weighted by Crippen LogP contribution is 2.12. The Bertz CT molecular complexity index is 463. The number of halogens is 1. The van der Waals surface area contributed by atoms with E-state index < -0.39 is 0 Å². The molecule has 0 saturated heterocycles. The predicted molar refractivity (Wildman–Crippen MR) is 75.1 cm³/mol. The van der Waals surface area contributed by atoms with Crippen molar-refractivity contribution in [3.05, 3.63) is 58.3 Å². The maximum absolute atomic E-state index is 4.17. The Labute approximate surface area is 110 Å². The molecule has 3 heteroatoms. The number of benzene rings is 1. The molecule has 0 unspecified atom stereocenters. The molecule has 0 aliphatic carbocycles. The van der Waals surface area contributed by atoms with Crippen LogP contribution in [0.15, 0.2) is 47.2 Å². The second-order valence-corrected chi connectivity index (χ2v) is 4.71. The van der Waals surface area contributed by atoms with E-state index in [-0.39, 0.29) is 0 Å². The van der Waals surface area contributed by atoms with Crippen molar-refractivity contribution in [1.82, 2.24) is 4.98 Å². The second-order valence-electron chi connectivity index (χ2n) is 3.89. The fraction of sp³-hybridized carbons (Fsp3) is 0.214. The molecule has 17 heavy (non-hydrogen) atoms. The zero-order valence-corrected chi connectivity index (χ0v) is 11.4. The molecule has 1 aromatic heterocycles. The normalized spacial score (nSPS) is 10.2. The molecular weight excluding hydrogens is 276 g/mol. The maximum atomic E-state index is 4.17. The van der Waals surface area contributed by atoms with Gasteiger partial charge in [-0.2, -0.15) is 0 Å². The first-order valence-corrected chi connectivity index (χ1v) is 6.50. The van der Waals surface area contributed by atoms with E-state index in [1.165, 1.54) is 11.1 Å². The molecule has 1 aromatic carbocycles. The Morgan fingerprint density at radius 3 is 2.35 bits per heavy atom. The van der Waals surface area contributed by atoms with Crippen LogP contribution in [-0.2, 0) is 13.0 Å². The number of rotatable bonds is 4. The summed E-state index contributed by atoms with van der Waals surface area (Å²) in [6, 6.07) is 12.6. The highest BCUT2D eigenvalue weighted by atomic mass is 79.9. The summed E-state index contributed by atoms with van der Waals surface area (Å²) in [7, 11) is 0. The fourth-order valence-electron chi connectivity index (χ4n) is 1.58. The lowest BCUT2D eigenvalue weighted by atomic mass is 10.1. The van der Waals surface area contributed by atoms with Crippen molar-refractivity contribution in [2.75, 3.05) is 5.32 Å². The number of nitrogens with zero attached hydrogens (tertiary/aromatic N) is 1. The highest BCUT2D eigenvalue weighted by molar-refractivity contribution is 9.10. The summed E-state index contributed by atoms with van der Waals surface area (Å²) < 4.78 is 0.857. The van der Waals surface area contributed by atoms with Gasteiger partial charge in [-0.25, -0.2) is 4.98 Å². The second kappa shape index (κ2) is 5.82. The Morgan fingerprint density at radius 2 is 1.76 bits per heavy atom. The minimum Gasteiger partial charge on any atom is -0.380 e. The summed E-state index contributed by atoms with van der Waals surface area (Å²) in [6.45, 7) is 2.99. The van der Waals surface area contributed by atoms with E-state index in [1.807, 2.05) is 18.3 Å². The van der Waals surface area contributed by atoms with Crippen LogP contribution in [0.3, 0.4) is 0 Å². The molecular formula is C14H15BrN2. The van der Waals surface area contributed by atoms with E-state index in [0.717, 1.165) is 23.3 Å². The van der Waals surface area contributed by atoms with Crippen LogP contribution < -0.4 is 5.32 Å². The van der Waals surface area contributed by atoms with Crippen LogP contribution in [0.5, 0.6) is 0 Å². The third kappa shape index (κ3) is 3.56. The summed E-state index contributed by atoms with van der Waals surface area (Å²) >= 11 is 3.32. The van der Waals surface area contributed by atoms with Crippen LogP contribution in [-0.4, -0.2) is 4.98 Å². The van der Waals surface area contributed by atoms with Gasteiger partial charge < -0.3 is 5.32 Å². The third-order valence-corrected chi connectivity index (χ3v) is 3.12. The van der Waals surface area contributed by atoms with Gasteiger partial charge in [0, 0.05) is 6.54 Å². The molecule has 0 bridgehead atoms. The van der Waals surface area contributed by atoms with E-state index >= 15 is 0 Å². The molecule has 88 valence electrons. The van der Waals surface area contributed by atoms with Crippen LogP contribution in [0.2, 0.25) is 0 Å². The van der Waals surface area contributed by atoms with Gasteiger partial charge in [-0.1, -0.05) is 31.2 Å². The number of nitrogens with one attached hydrogen (secondary N) is 1. The number of aryl methyl sites for hydroxylation is 1. The summed E-state index contributed by atoms with van der Waals surface area (Å²) in [5.74, 6) is 0. The van der Waals surface area contributed by atoms with Crippen molar-refractivity contribution < 1.29 is 0 Å². The maximum Gasteiger partial charge on any atom is 0.106 e. The average Bonchev–Trinajstić information content (AvgIpc) is 2.39. The molecule has 2 aromatic rings. The molecule has 1 heterocycles. The van der Waals surface area contributed by atoms with E-state index in [9.17, 15) is 0 Å².